The Balaban J connectivity index is 2.22. The van der Waals surface area contributed by atoms with Crippen LogP contribution in [0.5, 0.6) is 0 Å². The second-order valence-corrected chi connectivity index (χ2v) is 3.82. The van der Waals surface area contributed by atoms with Gasteiger partial charge in [-0.15, -0.1) is 0 Å². The van der Waals surface area contributed by atoms with Crippen LogP contribution in [0, 0.1) is 0 Å². The zero-order valence-electron chi connectivity index (χ0n) is 8.88. The van der Waals surface area contributed by atoms with Gasteiger partial charge in [0.1, 0.15) is 0 Å². The Kier molecular flexibility index (Phi) is 2.70. The molecule has 0 bridgehead atoms. The molecule has 0 aliphatic carbocycles. The molecule has 0 spiro atoms. The van der Waals surface area contributed by atoms with Crippen molar-refractivity contribution in [3.8, 4) is 0 Å². The van der Waals surface area contributed by atoms with E-state index in [0.29, 0.717) is 17.5 Å². The Morgan fingerprint density at radius 1 is 1.38 bits per heavy atom. The molecule has 5 nitrogen and oxygen atoms in total. The van der Waals surface area contributed by atoms with Crippen LogP contribution in [0.25, 0.3) is 0 Å². The molecule has 84 valence electrons. The fourth-order valence-electron chi connectivity index (χ4n) is 1.65. The van der Waals surface area contributed by atoms with Crippen LogP contribution in [0.1, 0.15) is 34.1 Å². The van der Waals surface area contributed by atoms with Crippen molar-refractivity contribution in [2.24, 2.45) is 0 Å². The number of imide groups is 1. The topological polar surface area (TPSA) is 70.5 Å². The molecule has 2 amide bonds. The largest absolute Gasteiger partial charge is 0.393 e. The van der Waals surface area contributed by atoms with Gasteiger partial charge in [0.2, 0.25) is 0 Å². The molecule has 1 atom stereocenters. The predicted molar refractivity (Wildman–Crippen MR) is 55.9 cm³/mol. The molecule has 0 saturated heterocycles. The quantitative estimate of drug-likeness (QED) is 0.751. The SMILES string of the molecule is CC(O)CCN1C(=O)c2ccncc2C1=O. The monoisotopic (exact) mass is 220 g/mol. The summed E-state index contributed by atoms with van der Waals surface area (Å²) < 4.78 is 0. The summed E-state index contributed by atoms with van der Waals surface area (Å²) in [4.78, 5) is 28.6. The first-order valence-corrected chi connectivity index (χ1v) is 5.09. The van der Waals surface area contributed by atoms with Gasteiger partial charge in [0.15, 0.2) is 0 Å². The molecule has 0 saturated carbocycles. The Hall–Kier alpha value is -1.75. The number of fused-ring (bicyclic) bond motifs is 1. The highest BCUT2D eigenvalue weighted by atomic mass is 16.3. The molecule has 1 N–H and O–H groups in total. The lowest BCUT2D eigenvalue weighted by Crippen LogP contribution is -2.32. The second-order valence-electron chi connectivity index (χ2n) is 3.82. The Labute approximate surface area is 92.7 Å². The van der Waals surface area contributed by atoms with E-state index in [9.17, 15) is 9.59 Å². The first-order chi connectivity index (χ1) is 7.61. The number of rotatable bonds is 3. The lowest BCUT2D eigenvalue weighted by molar-refractivity contribution is 0.0629. The Morgan fingerprint density at radius 2 is 2.06 bits per heavy atom. The average molecular weight is 220 g/mol. The van der Waals surface area contributed by atoms with Crippen LogP contribution in [-0.2, 0) is 0 Å². The predicted octanol–water partition coefficient (Wildman–Crippen LogP) is 0.449. The van der Waals surface area contributed by atoms with E-state index < -0.39 is 6.10 Å². The van der Waals surface area contributed by atoms with Crippen molar-refractivity contribution in [2.45, 2.75) is 19.4 Å². The number of hydrogen-bond acceptors (Lipinski definition) is 4. The van der Waals surface area contributed by atoms with Crippen molar-refractivity contribution in [3.63, 3.8) is 0 Å². The van der Waals surface area contributed by atoms with E-state index in [1.807, 2.05) is 0 Å². The summed E-state index contributed by atoms with van der Waals surface area (Å²) in [6, 6.07) is 1.54. The lowest BCUT2D eigenvalue weighted by Gasteiger charge is -2.14. The van der Waals surface area contributed by atoms with Gasteiger partial charge in [-0.05, 0) is 19.4 Å². The van der Waals surface area contributed by atoms with Crippen molar-refractivity contribution in [1.82, 2.24) is 9.88 Å². The van der Waals surface area contributed by atoms with Crippen molar-refractivity contribution < 1.29 is 14.7 Å². The summed E-state index contributed by atoms with van der Waals surface area (Å²) in [5.74, 6) is -0.628. The highest BCUT2D eigenvalue weighted by molar-refractivity contribution is 6.21. The molecule has 16 heavy (non-hydrogen) atoms. The number of aliphatic hydroxyl groups is 1. The summed E-state index contributed by atoms with van der Waals surface area (Å²) in [6.07, 6.45) is 2.75. The number of aliphatic hydroxyl groups excluding tert-OH is 1. The third-order valence-electron chi connectivity index (χ3n) is 2.54. The first-order valence-electron chi connectivity index (χ1n) is 5.09. The van der Waals surface area contributed by atoms with Gasteiger partial charge < -0.3 is 5.11 Å². The fraction of sp³-hybridized carbons (Fsp3) is 0.364. The Bertz CT molecular complexity index is 408. The molecule has 0 aromatic carbocycles. The van der Waals surface area contributed by atoms with E-state index >= 15 is 0 Å². The number of amides is 2. The molecule has 2 rings (SSSR count). The summed E-state index contributed by atoms with van der Waals surface area (Å²) in [5, 5.41) is 9.14. The second kappa shape index (κ2) is 4.02. The molecule has 0 radical (unpaired) electrons. The van der Waals surface area contributed by atoms with Crippen LogP contribution in [0.3, 0.4) is 0 Å². The van der Waals surface area contributed by atoms with Gasteiger partial charge in [0.05, 0.1) is 17.2 Å². The molecule has 1 aromatic rings. The summed E-state index contributed by atoms with van der Waals surface area (Å²) in [7, 11) is 0. The van der Waals surface area contributed by atoms with Crippen molar-refractivity contribution in [2.75, 3.05) is 6.54 Å². The maximum absolute atomic E-state index is 11.8. The molecule has 1 aromatic heterocycles. The zero-order chi connectivity index (χ0) is 11.7. The van der Waals surface area contributed by atoms with Crippen LogP contribution in [0.2, 0.25) is 0 Å². The minimum absolute atomic E-state index is 0.240. The van der Waals surface area contributed by atoms with Crippen molar-refractivity contribution in [3.05, 3.63) is 29.6 Å². The van der Waals surface area contributed by atoms with Gasteiger partial charge >= 0.3 is 0 Å². The third-order valence-corrected chi connectivity index (χ3v) is 2.54. The molecule has 1 aliphatic rings. The number of carbonyl (C=O) groups excluding carboxylic acids is 2. The standard InChI is InChI=1S/C11H12N2O3/c1-7(14)3-5-13-10(15)8-2-4-12-6-9(8)11(13)16/h2,4,6-7,14H,3,5H2,1H3. The van der Waals surface area contributed by atoms with Crippen molar-refractivity contribution >= 4 is 11.8 Å². The van der Waals surface area contributed by atoms with Crippen LogP contribution < -0.4 is 0 Å². The van der Waals surface area contributed by atoms with Gasteiger partial charge in [-0.2, -0.15) is 0 Å². The van der Waals surface area contributed by atoms with E-state index in [-0.39, 0.29) is 18.4 Å². The number of nitrogens with zero attached hydrogens (tertiary/aromatic N) is 2. The minimum atomic E-state index is -0.526. The zero-order valence-corrected chi connectivity index (χ0v) is 8.88. The van der Waals surface area contributed by atoms with E-state index in [1.54, 1.807) is 6.92 Å². The number of pyridine rings is 1. The highest BCUT2D eigenvalue weighted by Crippen LogP contribution is 2.21. The maximum Gasteiger partial charge on any atom is 0.263 e. The maximum atomic E-state index is 11.8. The average Bonchev–Trinajstić information content (AvgIpc) is 2.50. The van der Waals surface area contributed by atoms with Gasteiger partial charge in [0, 0.05) is 18.9 Å². The van der Waals surface area contributed by atoms with Gasteiger partial charge in [-0.25, -0.2) is 0 Å². The first kappa shape index (κ1) is 10.8. The molecule has 2 heterocycles. The van der Waals surface area contributed by atoms with E-state index in [1.165, 1.54) is 18.5 Å². The van der Waals surface area contributed by atoms with Crippen molar-refractivity contribution in [1.29, 1.82) is 0 Å². The molecular formula is C11H12N2O3. The molecular weight excluding hydrogens is 208 g/mol. The smallest absolute Gasteiger partial charge is 0.263 e. The summed E-state index contributed by atoms with van der Waals surface area (Å²) >= 11 is 0. The summed E-state index contributed by atoms with van der Waals surface area (Å²) in [5.41, 5.74) is 0.740. The molecule has 5 heteroatoms. The lowest BCUT2D eigenvalue weighted by atomic mass is 10.2. The highest BCUT2D eigenvalue weighted by Gasteiger charge is 2.35. The number of aromatic nitrogens is 1. The van der Waals surface area contributed by atoms with E-state index in [2.05, 4.69) is 4.98 Å². The number of hydrogen-bond donors (Lipinski definition) is 1. The molecule has 1 unspecified atom stereocenters. The molecule has 0 fully saturated rings. The van der Waals surface area contributed by atoms with Crippen LogP contribution in [-0.4, -0.2) is 39.5 Å². The Morgan fingerprint density at radius 3 is 2.69 bits per heavy atom. The van der Waals surface area contributed by atoms with Crippen LogP contribution in [0.4, 0.5) is 0 Å². The van der Waals surface area contributed by atoms with Gasteiger partial charge in [-0.1, -0.05) is 0 Å². The van der Waals surface area contributed by atoms with E-state index in [4.69, 9.17) is 5.11 Å². The van der Waals surface area contributed by atoms with Gasteiger partial charge in [-0.3, -0.25) is 19.5 Å². The normalized spacial score (nSPS) is 16.5. The van der Waals surface area contributed by atoms with Gasteiger partial charge in [0.25, 0.3) is 11.8 Å². The summed E-state index contributed by atoms with van der Waals surface area (Å²) in [6.45, 7) is 1.86. The third kappa shape index (κ3) is 1.69. The number of carbonyl (C=O) groups is 2. The molecule has 1 aliphatic heterocycles. The van der Waals surface area contributed by atoms with E-state index in [0.717, 1.165) is 4.90 Å². The minimum Gasteiger partial charge on any atom is -0.393 e. The van der Waals surface area contributed by atoms with Crippen LogP contribution >= 0.6 is 0 Å². The van der Waals surface area contributed by atoms with Crippen LogP contribution in [0.15, 0.2) is 18.5 Å². The fourth-order valence-corrected chi connectivity index (χ4v) is 1.65.